The van der Waals surface area contributed by atoms with Crippen LogP contribution in [0.4, 0.5) is 0 Å². The fraction of sp³-hybridized carbons (Fsp3) is 0.421. The van der Waals surface area contributed by atoms with Crippen molar-refractivity contribution >= 4 is 22.7 Å². The molecular formula is C19H21N3O3. The molecule has 4 rings (SSSR count). The Hall–Kier alpha value is -2.47. The third-order valence-corrected chi connectivity index (χ3v) is 5.15. The van der Waals surface area contributed by atoms with Gasteiger partial charge in [-0.25, -0.2) is 0 Å². The number of hydrogen-bond acceptors (Lipinski definition) is 4. The number of primary amides is 1. The largest absolute Gasteiger partial charge is 0.380 e. The van der Waals surface area contributed by atoms with Crippen LogP contribution in [-0.4, -0.2) is 47.5 Å². The van der Waals surface area contributed by atoms with E-state index < -0.39 is 11.9 Å². The number of nitrogens with zero attached hydrogens (tertiary/aromatic N) is 2. The van der Waals surface area contributed by atoms with E-state index in [1.807, 2.05) is 30.3 Å². The van der Waals surface area contributed by atoms with Crippen LogP contribution in [0.25, 0.3) is 10.9 Å². The Morgan fingerprint density at radius 2 is 2.04 bits per heavy atom. The first kappa shape index (κ1) is 16.0. The lowest BCUT2D eigenvalue weighted by Gasteiger charge is -2.23. The minimum Gasteiger partial charge on any atom is -0.380 e. The van der Waals surface area contributed by atoms with Gasteiger partial charge >= 0.3 is 0 Å². The molecule has 0 unspecified atom stereocenters. The van der Waals surface area contributed by atoms with Crippen molar-refractivity contribution in [3.05, 3.63) is 41.6 Å². The molecule has 6 nitrogen and oxygen atoms in total. The highest BCUT2D eigenvalue weighted by molar-refractivity contribution is 6.07. The number of ether oxygens (including phenoxy) is 1. The highest BCUT2D eigenvalue weighted by Crippen LogP contribution is 2.40. The topological polar surface area (TPSA) is 85.5 Å². The minimum absolute atomic E-state index is 0.169. The van der Waals surface area contributed by atoms with Crippen LogP contribution < -0.4 is 5.73 Å². The molecule has 0 radical (unpaired) electrons. The lowest BCUT2D eigenvalue weighted by Crippen LogP contribution is -2.43. The first-order valence-corrected chi connectivity index (χ1v) is 8.61. The van der Waals surface area contributed by atoms with Crippen molar-refractivity contribution in [2.24, 2.45) is 5.73 Å². The average Bonchev–Trinajstić information content (AvgIpc) is 3.38. The molecule has 1 aromatic heterocycles. The molecule has 1 saturated carbocycles. The van der Waals surface area contributed by atoms with Gasteiger partial charge in [0.2, 0.25) is 5.91 Å². The molecule has 2 aliphatic rings. The van der Waals surface area contributed by atoms with E-state index >= 15 is 0 Å². The van der Waals surface area contributed by atoms with Crippen LogP contribution in [-0.2, 0) is 9.53 Å². The number of fused-ring (bicyclic) bond motifs is 1. The highest BCUT2D eigenvalue weighted by atomic mass is 16.5. The van der Waals surface area contributed by atoms with Crippen LogP contribution in [0.1, 0.15) is 41.2 Å². The van der Waals surface area contributed by atoms with Crippen LogP contribution in [0, 0.1) is 0 Å². The number of pyridine rings is 1. The number of hydrogen-bond donors (Lipinski definition) is 1. The Kier molecular flexibility index (Phi) is 3.92. The number of rotatable bonds is 4. The molecule has 2 heterocycles. The smallest absolute Gasteiger partial charge is 0.255 e. The third-order valence-electron chi connectivity index (χ3n) is 5.15. The van der Waals surface area contributed by atoms with Crippen molar-refractivity contribution in [2.75, 3.05) is 13.7 Å². The summed E-state index contributed by atoms with van der Waals surface area (Å²) in [6.45, 7) is 0.373. The molecule has 2 amide bonds. The van der Waals surface area contributed by atoms with Gasteiger partial charge in [-0.3, -0.25) is 14.6 Å². The van der Waals surface area contributed by atoms with Crippen molar-refractivity contribution in [1.29, 1.82) is 0 Å². The van der Waals surface area contributed by atoms with Gasteiger partial charge in [0.1, 0.15) is 6.04 Å². The normalized spacial score (nSPS) is 23.2. The maximum absolute atomic E-state index is 13.3. The van der Waals surface area contributed by atoms with Gasteiger partial charge in [-0.2, -0.15) is 0 Å². The van der Waals surface area contributed by atoms with E-state index in [1.165, 1.54) is 0 Å². The Labute approximate surface area is 146 Å². The SMILES string of the molecule is CO[C@H]1C[C@@H](C(N)=O)N(C(=O)c2cc(C3CC3)nc3ccccc23)C1. The van der Waals surface area contributed by atoms with Crippen LogP contribution >= 0.6 is 0 Å². The Morgan fingerprint density at radius 1 is 1.28 bits per heavy atom. The lowest BCUT2D eigenvalue weighted by atomic mass is 10.0. The molecule has 0 spiro atoms. The third kappa shape index (κ3) is 2.87. The monoisotopic (exact) mass is 339 g/mol. The van der Waals surface area contributed by atoms with Crippen molar-refractivity contribution in [2.45, 2.75) is 37.3 Å². The second-order valence-electron chi connectivity index (χ2n) is 6.86. The average molecular weight is 339 g/mol. The standard InChI is InChI=1S/C19H21N3O3/c1-25-12-8-17(18(20)23)22(10-12)19(24)14-9-16(11-6-7-11)21-15-5-3-2-4-13(14)15/h2-5,9,11-12,17H,6-8,10H2,1H3,(H2,20,23)/t12-,17-/m0/s1. The molecule has 130 valence electrons. The number of likely N-dealkylation sites (tertiary alicyclic amines) is 1. The van der Waals surface area contributed by atoms with Crippen LogP contribution in [0.5, 0.6) is 0 Å². The van der Waals surface area contributed by atoms with Gasteiger partial charge in [-0.15, -0.1) is 0 Å². The van der Waals surface area contributed by atoms with Gasteiger partial charge in [-0.1, -0.05) is 18.2 Å². The zero-order chi connectivity index (χ0) is 17.6. The summed E-state index contributed by atoms with van der Waals surface area (Å²) in [6, 6.07) is 8.89. The second-order valence-corrected chi connectivity index (χ2v) is 6.86. The second kappa shape index (κ2) is 6.11. The van der Waals surface area contributed by atoms with E-state index in [0.29, 0.717) is 24.4 Å². The summed E-state index contributed by atoms with van der Waals surface area (Å²) in [5.41, 5.74) is 7.89. The lowest BCUT2D eigenvalue weighted by molar-refractivity contribution is -0.121. The van der Waals surface area contributed by atoms with E-state index in [0.717, 1.165) is 29.4 Å². The molecule has 1 aliphatic heterocycles. The number of amides is 2. The van der Waals surface area contributed by atoms with E-state index in [-0.39, 0.29) is 12.0 Å². The summed E-state index contributed by atoms with van der Waals surface area (Å²) in [4.78, 5) is 31.3. The maximum atomic E-state index is 13.3. The number of methoxy groups -OCH3 is 1. The number of benzene rings is 1. The van der Waals surface area contributed by atoms with E-state index in [9.17, 15) is 9.59 Å². The molecular weight excluding hydrogens is 318 g/mol. The maximum Gasteiger partial charge on any atom is 0.255 e. The zero-order valence-corrected chi connectivity index (χ0v) is 14.1. The molecule has 0 bridgehead atoms. The predicted molar refractivity (Wildman–Crippen MR) is 93.2 cm³/mol. The molecule has 2 fully saturated rings. The van der Waals surface area contributed by atoms with Crippen LogP contribution in [0.2, 0.25) is 0 Å². The van der Waals surface area contributed by atoms with Gasteiger partial charge in [-0.05, 0) is 25.0 Å². The van der Waals surface area contributed by atoms with Gasteiger partial charge < -0.3 is 15.4 Å². The minimum atomic E-state index is -0.631. The fourth-order valence-electron chi connectivity index (χ4n) is 3.58. The number of carbonyl (C=O) groups is 2. The first-order valence-electron chi connectivity index (χ1n) is 8.61. The summed E-state index contributed by atoms with van der Waals surface area (Å²) in [6.07, 6.45) is 2.49. The molecule has 25 heavy (non-hydrogen) atoms. The first-order chi connectivity index (χ1) is 12.1. The number of aromatic nitrogens is 1. The summed E-state index contributed by atoms with van der Waals surface area (Å²) < 4.78 is 5.35. The molecule has 1 aliphatic carbocycles. The van der Waals surface area contributed by atoms with Gasteiger partial charge in [0.15, 0.2) is 0 Å². The molecule has 1 saturated heterocycles. The van der Waals surface area contributed by atoms with Gasteiger partial charge in [0, 0.05) is 37.1 Å². The number of nitrogens with two attached hydrogens (primary N) is 1. The molecule has 1 aromatic carbocycles. The van der Waals surface area contributed by atoms with E-state index in [1.54, 1.807) is 12.0 Å². The predicted octanol–water partition coefficient (Wildman–Crippen LogP) is 1.83. The van der Waals surface area contributed by atoms with Crippen molar-refractivity contribution in [3.63, 3.8) is 0 Å². The summed E-state index contributed by atoms with van der Waals surface area (Å²) in [7, 11) is 1.59. The van der Waals surface area contributed by atoms with Crippen molar-refractivity contribution in [1.82, 2.24) is 9.88 Å². The Bertz CT molecular complexity index is 847. The van der Waals surface area contributed by atoms with Crippen LogP contribution in [0.15, 0.2) is 30.3 Å². The van der Waals surface area contributed by atoms with Crippen molar-refractivity contribution < 1.29 is 14.3 Å². The Morgan fingerprint density at radius 3 is 2.72 bits per heavy atom. The van der Waals surface area contributed by atoms with E-state index in [2.05, 4.69) is 0 Å². The van der Waals surface area contributed by atoms with Crippen molar-refractivity contribution in [3.8, 4) is 0 Å². The number of para-hydroxylation sites is 1. The quantitative estimate of drug-likeness (QED) is 0.921. The van der Waals surface area contributed by atoms with Crippen LogP contribution in [0.3, 0.4) is 0 Å². The number of carbonyl (C=O) groups excluding carboxylic acids is 2. The fourth-order valence-corrected chi connectivity index (χ4v) is 3.58. The summed E-state index contributed by atoms with van der Waals surface area (Å²) >= 11 is 0. The zero-order valence-electron chi connectivity index (χ0n) is 14.1. The van der Waals surface area contributed by atoms with Gasteiger partial charge in [0.05, 0.1) is 17.2 Å². The summed E-state index contributed by atoms with van der Waals surface area (Å²) in [5.74, 6) is -0.231. The summed E-state index contributed by atoms with van der Waals surface area (Å²) in [5, 5.41) is 0.806. The molecule has 2 aromatic rings. The van der Waals surface area contributed by atoms with Gasteiger partial charge in [0.25, 0.3) is 5.91 Å². The molecule has 2 atom stereocenters. The Balaban J connectivity index is 1.77. The highest BCUT2D eigenvalue weighted by Gasteiger charge is 2.39. The van der Waals surface area contributed by atoms with E-state index in [4.69, 9.17) is 15.5 Å². The molecule has 6 heteroatoms. The molecule has 2 N–H and O–H groups in total.